The fourth-order valence-electron chi connectivity index (χ4n) is 1.17. The van der Waals surface area contributed by atoms with Gasteiger partial charge in [-0.05, 0) is 28.5 Å². The summed E-state index contributed by atoms with van der Waals surface area (Å²) in [6.07, 6.45) is 5.54. The third-order valence-corrected chi connectivity index (χ3v) is 2.72. The average Bonchev–Trinajstić information content (AvgIpc) is 2.28. The van der Waals surface area contributed by atoms with E-state index >= 15 is 0 Å². The topological polar surface area (TPSA) is 73.1 Å². The SMILES string of the molecule is CC(=O)SCCC=Cc1cccnc1[N+](=O)[O-]. The van der Waals surface area contributed by atoms with Crippen LogP contribution >= 0.6 is 11.8 Å². The molecule has 0 radical (unpaired) electrons. The van der Waals surface area contributed by atoms with Crippen molar-refractivity contribution in [1.82, 2.24) is 4.98 Å². The monoisotopic (exact) mass is 252 g/mol. The first-order valence-corrected chi connectivity index (χ1v) is 5.99. The Kier molecular flexibility index (Phi) is 5.35. The zero-order valence-corrected chi connectivity index (χ0v) is 10.1. The molecule has 6 heteroatoms. The number of nitrogens with zero attached hydrogens (tertiary/aromatic N) is 2. The maximum absolute atomic E-state index is 10.7. The van der Waals surface area contributed by atoms with Crippen molar-refractivity contribution in [3.8, 4) is 0 Å². The number of hydrogen-bond acceptors (Lipinski definition) is 5. The molecule has 0 N–H and O–H groups in total. The zero-order chi connectivity index (χ0) is 12.7. The minimum absolute atomic E-state index is 0.0748. The fraction of sp³-hybridized carbons (Fsp3) is 0.273. The Bertz CT molecular complexity index is 446. The van der Waals surface area contributed by atoms with E-state index in [2.05, 4.69) is 4.98 Å². The maximum Gasteiger partial charge on any atom is 0.370 e. The smallest absolute Gasteiger partial charge is 0.358 e. The van der Waals surface area contributed by atoms with E-state index < -0.39 is 4.92 Å². The minimum atomic E-state index is -0.510. The molecule has 0 amide bonds. The van der Waals surface area contributed by atoms with E-state index in [9.17, 15) is 14.9 Å². The van der Waals surface area contributed by atoms with Crippen molar-refractivity contribution in [3.05, 3.63) is 40.1 Å². The van der Waals surface area contributed by atoms with Gasteiger partial charge in [0.2, 0.25) is 0 Å². The van der Waals surface area contributed by atoms with Crippen LogP contribution in [0, 0.1) is 10.1 Å². The van der Waals surface area contributed by atoms with Crippen LogP contribution in [0.2, 0.25) is 0 Å². The Hall–Kier alpha value is -1.69. The number of pyridine rings is 1. The molecule has 0 fully saturated rings. The highest BCUT2D eigenvalue weighted by Crippen LogP contribution is 2.16. The van der Waals surface area contributed by atoms with Gasteiger partial charge in [0.1, 0.15) is 6.20 Å². The number of allylic oxidation sites excluding steroid dienone is 1. The van der Waals surface area contributed by atoms with Crippen molar-refractivity contribution in [1.29, 1.82) is 0 Å². The van der Waals surface area contributed by atoms with Gasteiger partial charge in [0.25, 0.3) is 0 Å². The molecule has 0 saturated carbocycles. The van der Waals surface area contributed by atoms with E-state index in [1.807, 2.05) is 0 Å². The van der Waals surface area contributed by atoms with E-state index in [0.29, 0.717) is 17.7 Å². The van der Waals surface area contributed by atoms with Crippen molar-refractivity contribution in [2.75, 3.05) is 5.75 Å². The fourth-order valence-corrected chi connectivity index (χ4v) is 1.71. The molecule has 17 heavy (non-hydrogen) atoms. The van der Waals surface area contributed by atoms with E-state index in [1.165, 1.54) is 24.9 Å². The van der Waals surface area contributed by atoms with Crippen LogP contribution in [-0.2, 0) is 4.79 Å². The summed E-state index contributed by atoms with van der Waals surface area (Å²) in [5, 5.41) is 10.7. The molecule has 5 nitrogen and oxygen atoms in total. The molecule has 1 rings (SSSR count). The molecule has 0 spiro atoms. The second-order valence-electron chi connectivity index (χ2n) is 3.20. The van der Waals surface area contributed by atoms with E-state index in [4.69, 9.17) is 0 Å². The van der Waals surface area contributed by atoms with Crippen LogP contribution < -0.4 is 0 Å². The summed E-state index contributed by atoms with van der Waals surface area (Å²) in [5.74, 6) is 0.530. The first-order chi connectivity index (χ1) is 8.11. The van der Waals surface area contributed by atoms with Gasteiger partial charge < -0.3 is 10.1 Å². The quantitative estimate of drug-likeness (QED) is 0.457. The average molecular weight is 252 g/mol. The molecule has 0 atom stereocenters. The normalized spacial score (nSPS) is 10.6. The highest BCUT2D eigenvalue weighted by Gasteiger charge is 2.10. The lowest BCUT2D eigenvalue weighted by Gasteiger charge is -1.96. The van der Waals surface area contributed by atoms with Gasteiger partial charge in [-0.15, -0.1) is 0 Å². The standard InChI is InChI=1S/C11H12N2O3S/c1-9(14)17-8-3-2-5-10-6-4-7-12-11(10)13(15)16/h2,4-7H,3,8H2,1H3. The number of thioether (sulfide) groups is 1. The number of hydrogen-bond donors (Lipinski definition) is 0. The molecule has 0 aliphatic heterocycles. The molecular weight excluding hydrogens is 240 g/mol. The molecule has 90 valence electrons. The Morgan fingerprint density at radius 3 is 3.06 bits per heavy atom. The van der Waals surface area contributed by atoms with Crippen LogP contribution in [0.15, 0.2) is 24.4 Å². The lowest BCUT2D eigenvalue weighted by Crippen LogP contribution is -1.94. The van der Waals surface area contributed by atoms with Gasteiger partial charge in [-0.3, -0.25) is 4.79 Å². The van der Waals surface area contributed by atoms with Gasteiger partial charge in [-0.25, -0.2) is 0 Å². The second-order valence-corrected chi connectivity index (χ2v) is 4.48. The molecule has 1 heterocycles. The molecule has 0 aromatic carbocycles. The third kappa shape index (κ3) is 4.78. The largest absolute Gasteiger partial charge is 0.370 e. The summed E-state index contributed by atoms with van der Waals surface area (Å²) in [4.78, 5) is 24.5. The van der Waals surface area contributed by atoms with Gasteiger partial charge in [-0.1, -0.05) is 23.9 Å². The van der Waals surface area contributed by atoms with Gasteiger partial charge in [0, 0.05) is 12.7 Å². The Morgan fingerprint density at radius 1 is 1.65 bits per heavy atom. The highest BCUT2D eigenvalue weighted by atomic mass is 32.2. The Morgan fingerprint density at radius 2 is 2.41 bits per heavy atom. The molecular formula is C11H12N2O3S. The second kappa shape index (κ2) is 6.80. The maximum atomic E-state index is 10.7. The lowest BCUT2D eigenvalue weighted by atomic mass is 10.2. The first-order valence-electron chi connectivity index (χ1n) is 5.00. The zero-order valence-electron chi connectivity index (χ0n) is 9.33. The molecule has 1 aromatic rings. The molecule has 0 bridgehead atoms. The highest BCUT2D eigenvalue weighted by molar-refractivity contribution is 8.13. The van der Waals surface area contributed by atoms with Crippen molar-refractivity contribution >= 4 is 28.8 Å². The van der Waals surface area contributed by atoms with Gasteiger partial charge >= 0.3 is 5.82 Å². The summed E-state index contributed by atoms with van der Waals surface area (Å²) in [7, 11) is 0. The van der Waals surface area contributed by atoms with Crippen molar-refractivity contribution in [3.63, 3.8) is 0 Å². The Labute approximate surface area is 103 Å². The molecule has 0 unspecified atom stereocenters. The van der Waals surface area contributed by atoms with E-state index in [-0.39, 0.29) is 10.9 Å². The van der Waals surface area contributed by atoms with Crippen molar-refractivity contribution in [2.24, 2.45) is 0 Å². The van der Waals surface area contributed by atoms with Crippen LogP contribution in [0.1, 0.15) is 18.9 Å². The van der Waals surface area contributed by atoms with Crippen LogP contribution in [0.4, 0.5) is 5.82 Å². The minimum Gasteiger partial charge on any atom is -0.358 e. The van der Waals surface area contributed by atoms with Crippen LogP contribution in [0.25, 0.3) is 6.08 Å². The predicted octanol–water partition coefficient (Wildman–Crippen LogP) is 2.67. The van der Waals surface area contributed by atoms with E-state index in [1.54, 1.807) is 24.3 Å². The first kappa shape index (κ1) is 13.4. The molecule has 0 saturated heterocycles. The number of rotatable bonds is 5. The number of aromatic nitrogens is 1. The third-order valence-electron chi connectivity index (χ3n) is 1.88. The van der Waals surface area contributed by atoms with Gasteiger partial charge in [-0.2, -0.15) is 0 Å². The van der Waals surface area contributed by atoms with E-state index in [0.717, 1.165) is 0 Å². The number of carbonyl (C=O) groups is 1. The summed E-state index contributed by atoms with van der Waals surface area (Å²) < 4.78 is 0. The summed E-state index contributed by atoms with van der Waals surface area (Å²) in [6, 6.07) is 3.29. The Balaban J connectivity index is 2.59. The number of nitro groups is 1. The molecule has 0 aliphatic rings. The summed E-state index contributed by atoms with van der Waals surface area (Å²) in [5.41, 5.74) is 0.477. The molecule has 1 aromatic heterocycles. The van der Waals surface area contributed by atoms with Gasteiger partial charge in [0.05, 0.1) is 5.56 Å². The van der Waals surface area contributed by atoms with Crippen LogP contribution in [-0.4, -0.2) is 20.8 Å². The predicted molar refractivity (Wildman–Crippen MR) is 67.7 cm³/mol. The van der Waals surface area contributed by atoms with Gasteiger partial charge in [0.15, 0.2) is 5.12 Å². The van der Waals surface area contributed by atoms with Crippen molar-refractivity contribution < 1.29 is 9.72 Å². The van der Waals surface area contributed by atoms with Crippen LogP contribution in [0.5, 0.6) is 0 Å². The lowest BCUT2D eigenvalue weighted by molar-refractivity contribution is -0.389. The summed E-state index contributed by atoms with van der Waals surface area (Å²) >= 11 is 1.24. The summed E-state index contributed by atoms with van der Waals surface area (Å²) in [6.45, 7) is 1.51. The van der Waals surface area contributed by atoms with Crippen LogP contribution in [0.3, 0.4) is 0 Å². The molecule has 0 aliphatic carbocycles. The van der Waals surface area contributed by atoms with Crippen molar-refractivity contribution in [2.45, 2.75) is 13.3 Å². The number of carbonyl (C=O) groups excluding carboxylic acids is 1.